The van der Waals surface area contributed by atoms with Crippen LogP contribution in [0.2, 0.25) is 0 Å². The van der Waals surface area contributed by atoms with Crippen molar-refractivity contribution in [2.75, 3.05) is 5.32 Å². The van der Waals surface area contributed by atoms with Gasteiger partial charge in [-0.25, -0.2) is 0 Å². The van der Waals surface area contributed by atoms with Crippen molar-refractivity contribution >= 4 is 17.6 Å². The molecule has 1 heterocycles. The molecule has 4 rings (SSSR count). The van der Waals surface area contributed by atoms with Gasteiger partial charge in [-0.2, -0.15) is 0 Å². The standard InChI is InChI=1S/C27H30N2O4.C5H10/c1-19(2)33-27(32)14-12-21-5-4-6-24(15-21)28-25(30)16-22-8-10-23(11-9-22)18-29-17-20(3)7-13-26(29)31;1-2-4-5-3-1/h4-11,13,15,17,19H,12,14,16,18H2,1-3H3,(H,28,30);1-5H2. The number of nitrogens with zero attached hydrogens (tertiary/aromatic N) is 1. The maximum atomic E-state index is 12.5. The van der Waals surface area contributed by atoms with Crippen molar-refractivity contribution in [3.8, 4) is 0 Å². The molecule has 1 aliphatic rings. The Hall–Kier alpha value is -3.67. The molecule has 38 heavy (non-hydrogen) atoms. The van der Waals surface area contributed by atoms with Gasteiger partial charge in [0.1, 0.15) is 0 Å². The Morgan fingerprint density at radius 2 is 1.55 bits per heavy atom. The van der Waals surface area contributed by atoms with Gasteiger partial charge in [-0.3, -0.25) is 14.4 Å². The number of carbonyl (C=O) groups is 2. The first-order valence-corrected chi connectivity index (χ1v) is 13.6. The first-order valence-electron chi connectivity index (χ1n) is 13.6. The van der Waals surface area contributed by atoms with Crippen LogP contribution in [0, 0.1) is 6.92 Å². The molecule has 0 atom stereocenters. The Balaban J connectivity index is 0.000000715. The van der Waals surface area contributed by atoms with E-state index >= 15 is 0 Å². The average Bonchev–Trinajstić information content (AvgIpc) is 3.46. The molecule has 0 aliphatic heterocycles. The van der Waals surface area contributed by atoms with Crippen LogP contribution >= 0.6 is 0 Å². The fourth-order valence-corrected chi connectivity index (χ4v) is 4.38. The molecule has 0 unspecified atom stereocenters. The summed E-state index contributed by atoms with van der Waals surface area (Å²) >= 11 is 0. The smallest absolute Gasteiger partial charge is 0.306 e. The van der Waals surface area contributed by atoms with Gasteiger partial charge in [0, 0.05) is 24.4 Å². The molecule has 6 heteroatoms. The van der Waals surface area contributed by atoms with E-state index in [1.54, 1.807) is 16.7 Å². The molecule has 1 amide bonds. The summed E-state index contributed by atoms with van der Waals surface area (Å²) in [6.45, 7) is 6.10. The molecular weight excluding hydrogens is 476 g/mol. The number of rotatable bonds is 9. The Labute approximate surface area is 226 Å². The lowest BCUT2D eigenvalue weighted by molar-refractivity contribution is -0.147. The zero-order valence-corrected chi connectivity index (χ0v) is 22.9. The van der Waals surface area contributed by atoms with E-state index in [-0.39, 0.29) is 30.0 Å². The van der Waals surface area contributed by atoms with E-state index in [4.69, 9.17) is 4.74 Å². The highest BCUT2D eigenvalue weighted by atomic mass is 16.5. The first-order chi connectivity index (χ1) is 18.3. The van der Waals surface area contributed by atoms with Gasteiger partial charge in [-0.15, -0.1) is 0 Å². The highest BCUT2D eigenvalue weighted by Gasteiger charge is 2.08. The van der Waals surface area contributed by atoms with Crippen LogP contribution in [0.5, 0.6) is 0 Å². The highest BCUT2D eigenvalue weighted by Crippen LogP contribution is 2.15. The van der Waals surface area contributed by atoms with Crippen molar-refractivity contribution in [2.24, 2.45) is 0 Å². The molecule has 2 aromatic carbocycles. The van der Waals surface area contributed by atoms with Crippen LogP contribution in [0.1, 0.15) is 74.6 Å². The summed E-state index contributed by atoms with van der Waals surface area (Å²) in [6.07, 6.45) is 10.3. The Morgan fingerprint density at radius 1 is 0.895 bits per heavy atom. The molecule has 1 aromatic heterocycles. The lowest BCUT2D eigenvalue weighted by atomic mass is 10.1. The van der Waals surface area contributed by atoms with Crippen LogP contribution in [-0.4, -0.2) is 22.5 Å². The molecule has 0 saturated heterocycles. The number of aromatic nitrogens is 1. The van der Waals surface area contributed by atoms with E-state index < -0.39 is 0 Å². The summed E-state index contributed by atoms with van der Waals surface area (Å²) in [5.74, 6) is -0.343. The van der Waals surface area contributed by atoms with E-state index in [1.165, 1.54) is 32.1 Å². The molecule has 1 N–H and O–H groups in total. The number of aryl methyl sites for hydroxylation is 2. The SMILES string of the molecule is C1CCCC1.Cc1ccc(=O)n(Cc2ccc(CC(=O)Nc3cccc(CCC(=O)OC(C)C)c3)cc2)c1. The number of ether oxygens (including phenoxy) is 1. The van der Waals surface area contributed by atoms with E-state index in [0.717, 1.165) is 22.3 Å². The number of benzene rings is 2. The summed E-state index contributed by atoms with van der Waals surface area (Å²) in [4.78, 5) is 36.2. The summed E-state index contributed by atoms with van der Waals surface area (Å²) in [6, 6.07) is 18.6. The minimum Gasteiger partial charge on any atom is -0.463 e. The van der Waals surface area contributed by atoms with E-state index in [0.29, 0.717) is 25.1 Å². The number of nitrogens with one attached hydrogen (secondary N) is 1. The predicted octanol–water partition coefficient (Wildman–Crippen LogP) is 6.22. The minimum atomic E-state index is -0.227. The van der Waals surface area contributed by atoms with Gasteiger partial charge < -0.3 is 14.6 Å². The van der Waals surface area contributed by atoms with Gasteiger partial charge in [0.05, 0.1) is 19.1 Å². The van der Waals surface area contributed by atoms with Crippen molar-refractivity contribution in [1.82, 2.24) is 4.57 Å². The number of pyridine rings is 1. The maximum Gasteiger partial charge on any atom is 0.306 e. The summed E-state index contributed by atoms with van der Waals surface area (Å²) in [5, 5.41) is 2.92. The van der Waals surface area contributed by atoms with Crippen LogP contribution in [0.3, 0.4) is 0 Å². The monoisotopic (exact) mass is 516 g/mol. The molecule has 0 spiro atoms. The number of esters is 1. The number of carbonyl (C=O) groups excluding carboxylic acids is 2. The molecule has 0 radical (unpaired) electrons. The number of hydrogen-bond acceptors (Lipinski definition) is 4. The zero-order valence-electron chi connectivity index (χ0n) is 22.9. The van der Waals surface area contributed by atoms with Gasteiger partial charge in [0.25, 0.3) is 5.56 Å². The highest BCUT2D eigenvalue weighted by molar-refractivity contribution is 5.92. The second-order valence-electron chi connectivity index (χ2n) is 10.2. The fourth-order valence-electron chi connectivity index (χ4n) is 4.38. The lowest BCUT2D eigenvalue weighted by Gasteiger charge is -2.10. The van der Waals surface area contributed by atoms with Crippen molar-refractivity contribution in [2.45, 2.75) is 84.8 Å². The van der Waals surface area contributed by atoms with Crippen LogP contribution in [0.15, 0.2) is 71.7 Å². The number of anilines is 1. The lowest BCUT2D eigenvalue weighted by Crippen LogP contribution is -2.19. The van der Waals surface area contributed by atoms with Crippen molar-refractivity contribution in [3.05, 3.63) is 99.5 Å². The number of hydrogen-bond donors (Lipinski definition) is 1. The van der Waals surface area contributed by atoms with E-state index in [9.17, 15) is 14.4 Å². The van der Waals surface area contributed by atoms with Crippen molar-refractivity contribution < 1.29 is 14.3 Å². The summed E-state index contributed by atoms with van der Waals surface area (Å²) < 4.78 is 6.83. The first kappa shape index (κ1) is 28.9. The van der Waals surface area contributed by atoms with Gasteiger partial charge >= 0.3 is 5.97 Å². The van der Waals surface area contributed by atoms with Crippen molar-refractivity contribution in [1.29, 1.82) is 0 Å². The molecule has 1 fully saturated rings. The third-order valence-electron chi connectivity index (χ3n) is 6.32. The van der Waals surface area contributed by atoms with Gasteiger partial charge in [0.2, 0.25) is 5.91 Å². The van der Waals surface area contributed by atoms with Crippen LogP contribution in [-0.2, 0) is 33.7 Å². The quantitative estimate of drug-likeness (QED) is 0.343. The largest absolute Gasteiger partial charge is 0.463 e. The van der Waals surface area contributed by atoms with Crippen LogP contribution < -0.4 is 10.9 Å². The van der Waals surface area contributed by atoms with Crippen LogP contribution in [0.25, 0.3) is 0 Å². The summed E-state index contributed by atoms with van der Waals surface area (Å²) in [7, 11) is 0. The molecule has 1 aliphatic carbocycles. The Kier molecular flexibility index (Phi) is 11.3. The fraction of sp³-hybridized carbons (Fsp3) is 0.406. The molecule has 202 valence electrons. The average molecular weight is 517 g/mol. The van der Waals surface area contributed by atoms with Crippen molar-refractivity contribution in [3.63, 3.8) is 0 Å². The van der Waals surface area contributed by atoms with E-state index in [2.05, 4.69) is 5.32 Å². The maximum absolute atomic E-state index is 12.5. The third kappa shape index (κ3) is 10.4. The molecule has 3 aromatic rings. The minimum absolute atomic E-state index is 0.0388. The second-order valence-corrected chi connectivity index (χ2v) is 10.2. The second kappa shape index (κ2) is 14.9. The topological polar surface area (TPSA) is 77.4 Å². The summed E-state index contributed by atoms with van der Waals surface area (Å²) in [5.41, 5.74) is 4.54. The molecule has 1 saturated carbocycles. The normalized spacial score (nSPS) is 12.5. The third-order valence-corrected chi connectivity index (χ3v) is 6.32. The predicted molar refractivity (Wildman–Crippen MR) is 152 cm³/mol. The van der Waals surface area contributed by atoms with Crippen LogP contribution in [0.4, 0.5) is 5.69 Å². The Morgan fingerprint density at radius 3 is 2.21 bits per heavy atom. The molecule has 0 bridgehead atoms. The van der Waals surface area contributed by atoms with Gasteiger partial charge in [-0.05, 0) is 61.6 Å². The Bertz CT molecular complexity index is 1230. The van der Waals surface area contributed by atoms with E-state index in [1.807, 2.05) is 75.5 Å². The zero-order chi connectivity index (χ0) is 27.3. The van der Waals surface area contributed by atoms with Gasteiger partial charge in [0.15, 0.2) is 0 Å². The molecule has 6 nitrogen and oxygen atoms in total. The van der Waals surface area contributed by atoms with Gasteiger partial charge in [-0.1, -0.05) is 74.6 Å². The molecular formula is C32H40N2O4. The number of amides is 1.